The van der Waals surface area contributed by atoms with Crippen LogP contribution >= 0.6 is 75.3 Å². The number of amides is 3. The molecule has 3 amide bonds. The third-order valence-corrected chi connectivity index (χ3v) is 22.8. The predicted octanol–water partition coefficient (Wildman–Crippen LogP) is 12.6. The maximum atomic E-state index is 15.8. The topological polar surface area (TPSA) is 212 Å². The number of nitrogens with zero attached hydrogens (tertiary/aromatic N) is 10. The number of halogens is 6. The van der Waals surface area contributed by atoms with E-state index < -0.39 is 50.5 Å². The SMILES string of the molecule is CC(C)(C)CCN1C(=O)[C@H](CC(=O)N2CCC(n3c(=O)[nH]c4ccccc43)CC2)SC1c1cc(F)cc(F)c1N1CCN(C(C)(C)C)CC1.CC(C)(C)CCN1C(=O)[C@H](CC(=O)O)SC1c1cc(F)cc(F)c1N1CCN(C(C)(C)C)CC1.Cl.Cl.O=c1[nH]c2ncccc2n1C1CCNCC1.S.S. The lowest BCUT2D eigenvalue weighted by Crippen LogP contribution is -2.53. The highest BCUT2D eigenvalue weighted by atomic mass is 35.5. The van der Waals surface area contributed by atoms with Crippen molar-refractivity contribution in [2.75, 3.05) is 101 Å². The lowest BCUT2D eigenvalue weighted by atomic mass is 9.92. The first-order chi connectivity index (χ1) is 46.6. The Bertz CT molecular complexity index is 4000. The van der Waals surface area contributed by atoms with Gasteiger partial charge >= 0.3 is 17.3 Å². The average molecular weight is 1550 g/mol. The van der Waals surface area contributed by atoms with Gasteiger partial charge in [-0.25, -0.2) is 32.1 Å². The molecule has 4 atom stereocenters. The lowest BCUT2D eigenvalue weighted by Gasteiger charge is -2.44. The molecule has 4 N–H and O–H groups in total. The molecule has 0 aliphatic carbocycles. The number of thioether (sulfide) groups is 2. The van der Waals surface area contributed by atoms with E-state index in [1.807, 2.05) is 50.8 Å². The Morgan fingerprint density at radius 2 is 0.981 bits per heavy atom. The predicted molar refractivity (Wildman–Crippen MR) is 421 cm³/mol. The first-order valence-corrected chi connectivity index (χ1v) is 36.9. The van der Waals surface area contributed by atoms with Crippen molar-refractivity contribution in [3.05, 3.63) is 122 Å². The summed E-state index contributed by atoms with van der Waals surface area (Å²) in [5, 5.41) is 9.92. The van der Waals surface area contributed by atoms with E-state index in [2.05, 4.69) is 113 Å². The van der Waals surface area contributed by atoms with Crippen LogP contribution in [0.5, 0.6) is 0 Å². The van der Waals surface area contributed by atoms with Gasteiger partial charge < -0.3 is 39.9 Å². The Morgan fingerprint density at radius 3 is 1.44 bits per heavy atom. The second-order valence-electron chi connectivity index (χ2n) is 31.5. The summed E-state index contributed by atoms with van der Waals surface area (Å²) >= 11 is 2.52. The van der Waals surface area contributed by atoms with Crippen LogP contribution in [0.15, 0.2) is 76.4 Å². The van der Waals surface area contributed by atoms with Crippen LogP contribution in [-0.4, -0.2) is 191 Å². The first kappa shape index (κ1) is 86.3. The van der Waals surface area contributed by atoms with Gasteiger partial charge in [-0.05, 0) is 140 Å². The van der Waals surface area contributed by atoms with Crippen LogP contribution in [-0.2, 0) is 19.2 Å². The largest absolute Gasteiger partial charge is 0.481 e. The number of carboxylic acid groups (broad SMARTS) is 1. The van der Waals surface area contributed by atoms with Gasteiger partial charge in [-0.15, -0.1) is 48.3 Å². The number of piperidine rings is 2. The summed E-state index contributed by atoms with van der Waals surface area (Å²) in [6, 6.07) is 16.2. The Hall–Kier alpha value is -5.59. The molecule has 6 fully saturated rings. The zero-order chi connectivity index (χ0) is 71.6. The Morgan fingerprint density at radius 1 is 0.553 bits per heavy atom. The van der Waals surface area contributed by atoms with E-state index in [1.54, 1.807) is 25.5 Å². The molecule has 0 bridgehead atoms. The number of fused-ring (bicyclic) bond motifs is 2. The molecular formula is C73H107Cl2F4N13O7S4. The quantitative estimate of drug-likeness (QED) is 0.0747. The first-order valence-electron chi connectivity index (χ1n) is 35.0. The number of aliphatic carboxylic acids is 1. The summed E-state index contributed by atoms with van der Waals surface area (Å²) < 4.78 is 64.2. The zero-order valence-corrected chi connectivity index (χ0v) is 66.7. The number of aromatic nitrogens is 5. The van der Waals surface area contributed by atoms with Gasteiger partial charge in [0.1, 0.15) is 34.0 Å². The number of hydrogen-bond acceptors (Lipinski definition) is 14. The molecule has 2 unspecified atom stereocenters. The number of carbonyl (C=O) groups excluding carboxylic acids is 3. The Labute approximate surface area is 637 Å². The van der Waals surface area contributed by atoms with Crippen LogP contribution in [0.25, 0.3) is 22.2 Å². The van der Waals surface area contributed by atoms with Crippen LogP contribution in [0.2, 0.25) is 0 Å². The number of carbonyl (C=O) groups is 4. The maximum Gasteiger partial charge on any atom is 0.327 e. The molecule has 6 aliphatic rings. The van der Waals surface area contributed by atoms with Gasteiger partial charge in [0.05, 0.1) is 44.8 Å². The summed E-state index contributed by atoms with van der Waals surface area (Å²) in [5.41, 5.74) is 4.44. The molecule has 3 aromatic carbocycles. The van der Waals surface area contributed by atoms with Gasteiger partial charge in [0.2, 0.25) is 17.7 Å². The number of likely N-dealkylation sites (tertiary alicyclic amines) is 1. The molecule has 30 heteroatoms. The van der Waals surface area contributed by atoms with Crippen molar-refractivity contribution < 1.29 is 41.8 Å². The highest BCUT2D eigenvalue weighted by Crippen LogP contribution is 2.51. The number of piperazine rings is 2. The van der Waals surface area contributed by atoms with Crippen molar-refractivity contribution >= 4 is 133 Å². The fourth-order valence-corrected chi connectivity index (χ4v) is 17.3. The number of benzene rings is 3. The van der Waals surface area contributed by atoms with Crippen LogP contribution in [0, 0.1) is 34.1 Å². The summed E-state index contributed by atoms with van der Waals surface area (Å²) in [6.07, 6.45) is 6.06. The monoisotopic (exact) mass is 1550 g/mol. The smallest absolute Gasteiger partial charge is 0.327 e. The third-order valence-electron chi connectivity index (χ3n) is 19.9. The summed E-state index contributed by atoms with van der Waals surface area (Å²) in [5.74, 6) is -4.28. The normalized spacial score (nSPS) is 20.6. The van der Waals surface area contributed by atoms with Gasteiger partial charge in [0.15, 0.2) is 5.65 Å². The molecular weight excluding hydrogens is 1450 g/mol. The van der Waals surface area contributed by atoms with E-state index in [0.717, 1.165) is 80.8 Å². The van der Waals surface area contributed by atoms with Crippen molar-refractivity contribution in [1.82, 2.24) is 53.9 Å². The molecule has 6 saturated heterocycles. The van der Waals surface area contributed by atoms with E-state index in [-0.39, 0.29) is 122 Å². The van der Waals surface area contributed by atoms with Crippen LogP contribution in [0.3, 0.4) is 0 Å². The fourth-order valence-electron chi connectivity index (χ4n) is 14.4. The number of carboxylic acids is 1. The molecule has 103 heavy (non-hydrogen) atoms. The molecule has 20 nitrogen and oxygen atoms in total. The molecule has 572 valence electrons. The number of hydrogen-bond donors (Lipinski definition) is 4. The fraction of sp³-hybridized carbons (Fsp3) is 0.603. The standard InChI is InChI=1S/C37H50F2N6O3S.C25H37F2N3O3S.C11H14N4O.2ClH.2H2S/c1-36(2,3)13-16-44-33(47)30(23-31(46)41-14-11-25(12-15-41)45-29-10-8-7-9-28(29)40-35(45)48)49-34(44)26-21-24(38)22-27(39)32(26)42-17-19-43(20-18-42)37(4,5)6;1-24(2,3)7-8-30-22(33)19(15-20(31)32)34-23(30)17-13-16(26)14-18(27)21(17)28-9-11-29(12-10-28)25(4,5)6;16-11-14-10-9(2-1-5-13-10)15(11)8-3-6-12-7-4-8;;;;/h7-10,21-22,25,30,34H,11-20,23H2,1-6H3,(H,40,48);13-14,19,23H,7-12,15H2,1-6H3,(H,31,32);1-2,5,8,12H,3-4,6-7H2,(H,13,14,16);2*1H;2*1H2/t30-,34?;19-,23?;;;;;/m00...../s1. The molecule has 0 radical (unpaired) electrons. The van der Waals surface area contributed by atoms with Crippen molar-refractivity contribution in [3.8, 4) is 0 Å². The van der Waals surface area contributed by atoms with Gasteiger partial charge in [-0.3, -0.25) is 43.1 Å². The Balaban J connectivity index is 0.000000267. The summed E-state index contributed by atoms with van der Waals surface area (Å²) in [6.45, 7) is 34.5. The highest BCUT2D eigenvalue weighted by molar-refractivity contribution is 8.01. The number of pyridine rings is 1. The van der Waals surface area contributed by atoms with E-state index in [1.165, 1.54) is 35.7 Å². The molecule has 0 saturated carbocycles. The molecule has 0 spiro atoms. The third kappa shape index (κ3) is 21.0. The molecule has 3 aromatic heterocycles. The molecule has 6 aromatic rings. The van der Waals surface area contributed by atoms with Crippen molar-refractivity contribution in [2.24, 2.45) is 10.8 Å². The van der Waals surface area contributed by atoms with Gasteiger partial charge in [0, 0.05) is 138 Å². The van der Waals surface area contributed by atoms with Gasteiger partial charge in [-0.1, -0.05) is 53.7 Å². The zero-order valence-electron chi connectivity index (χ0n) is 61.4. The second kappa shape index (κ2) is 35.9. The van der Waals surface area contributed by atoms with Crippen LogP contribution in [0.4, 0.5) is 28.9 Å². The maximum absolute atomic E-state index is 15.8. The van der Waals surface area contributed by atoms with Crippen molar-refractivity contribution in [2.45, 2.75) is 179 Å². The van der Waals surface area contributed by atoms with Crippen LogP contribution in [0.1, 0.15) is 168 Å². The second-order valence-corrected chi connectivity index (χ2v) is 34.0. The van der Waals surface area contributed by atoms with Crippen LogP contribution < -0.4 is 26.5 Å². The van der Waals surface area contributed by atoms with Gasteiger partial charge in [-0.2, -0.15) is 27.0 Å². The number of rotatable bonds is 14. The molecule has 12 rings (SSSR count). The van der Waals surface area contributed by atoms with E-state index in [0.29, 0.717) is 112 Å². The van der Waals surface area contributed by atoms with E-state index in [9.17, 15) is 42.7 Å². The van der Waals surface area contributed by atoms with E-state index in [4.69, 9.17) is 0 Å². The minimum atomic E-state index is -1.06. The number of para-hydroxylation sites is 2. The Kier molecular flexibility index (Phi) is 30.1. The van der Waals surface area contributed by atoms with Crippen molar-refractivity contribution in [3.63, 3.8) is 0 Å². The van der Waals surface area contributed by atoms with E-state index >= 15 is 8.78 Å². The highest BCUT2D eigenvalue weighted by Gasteiger charge is 2.47. The minimum absolute atomic E-state index is 0. The molecule has 9 heterocycles. The number of H-pyrrole nitrogens is 2. The average Bonchev–Trinajstić information content (AvgIpc) is 1.73. The number of nitrogens with one attached hydrogen (secondary N) is 3. The summed E-state index contributed by atoms with van der Waals surface area (Å²) in [7, 11) is 0. The van der Waals surface area contributed by atoms with Crippen molar-refractivity contribution in [1.29, 1.82) is 0 Å². The number of imidazole rings is 2. The lowest BCUT2D eigenvalue weighted by molar-refractivity contribution is -0.140. The number of aromatic amines is 2. The van der Waals surface area contributed by atoms with Gasteiger partial charge in [0.25, 0.3) is 0 Å². The minimum Gasteiger partial charge on any atom is -0.481 e. The molecule has 6 aliphatic heterocycles. The number of anilines is 2. The summed E-state index contributed by atoms with van der Waals surface area (Å²) in [4.78, 5) is 101.